The normalized spacial score (nSPS) is 12.6. The van der Waals surface area contributed by atoms with E-state index in [1.165, 1.54) is 41.0 Å². The number of nitrogens with one attached hydrogen (secondary N) is 1. The van der Waals surface area contributed by atoms with Gasteiger partial charge < -0.3 is 5.32 Å². The maximum absolute atomic E-state index is 3.77. The molecule has 0 aliphatic heterocycles. The number of allylic oxidation sites excluding steroid dienone is 1. The molecule has 0 radical (unpaired) electrons. The lowest BCUT2D eigenvalue weighted by Gasteiger charge is -2.16. The number of hydrogen-bond donors (Lipinski definition) is 1. The molecular weight excluding hydrogens is 238 g/mol. The molecule has 1 aromatic rings. The minimum atomic E-state index is 0.552. The number of thiophene rings is 1. The molecule has 18 heavy (non-hydrogen) atoms. The van der Waals surface area contributed by atoms with Gasteiger partial charge in [0.05, 0.1) is 0 Å². The molecule has 1 rings (SSSR count). The second-order valence-corrected chi connectivity index (χ2v) is 6.21. The van der Waals surface area contributed by atoms with Crippen LogP contribution in [0.4, 0.5) is 0 Å². The predicted molar refractivity (Wildman–Crippen MR) is 83.5 cm³/mol. The summed E-state index contributed by atoms with van der Waals surface area (Å²) >= 11 is 1.95. The van der Waals surface area contributed by atoms with E-state index in [1.54, 1.807) is 0 Å². The van der Waals surface area contributed by atoms with Crippen molar-refractivity contribution >= 4 is 11.3 Å². The van der Waals surface area contributed by atoms with E-state index in [1.807, 2.05) is 17.4 Å². The summed E-state index contributed by atoms with van der Waals surface area (Å²) < 4.78 is 0. The van der Waals surface area contributed by atoms with Gasteiger partial charge in [0.25, 0.3) is 0 Å². The minimum absolute atomic E-state index is 0.552. The summed E-state index contributed by atoms with van der Waals surface area (Å²) in [5.74, 6) is 0. The van der Waals surface area contributed by atoms with E-state index in [0.717, 1.165) is 13.0 Å². The molecule has 1 atom stereocenters. The topological polar surface area (TPSA) is 12.0 Å². The first-order valence-electron chi connectivity index (χ1n) is 7.10. The first-order chi connectivity index (χ1) is 8.69. The van der Waals surface area contributed by atoms with Gasteiger partial charge in [0.2, 0.25) is 0 Å². The van der Waals surface area contributed by atoms with Crippen molar-refractivity contribution in [1.82, 2.24) is 5.32 Å². The van der Waals surface area contributed by atoms with Gasteiger partial charge >= 0.3 is 0 Å². The van der Waals surface area contributed by atoms with Gasteiger partial charge in [0.15, 0.2) is 0 Å². The number of hydrogen-bond acceptors (Lipinski definition) is 2. The van der Waals surface area contributed by atoms with E-state index in [0.29, 0.717) is 6.04 Å². The molecule has 0 aliphatic rings. The van der Waals surface area contributed by atoms with Gasteiger partial charge in [-0.3, -0.25) is 0 Å². The van der Waals surface area contributed by atoms with E-state index >= 15 is 0 Å². The monoisotopic (exact) mass is 265 g/mol. The Labute approximate surface area is 116 Å². The van der Waals surface area contributed by atoms with E-state index in [-0.39, 0.29) is 0 Å². The van der Waals surface area contributed by atoms with Crippen molar-refractivity contribution in [3.05, 3.63) is 34.0 Å². The summed E-state index contributed by atoms with van der Waals surface area (Å²) in [5, 5.41) is 3.62. The summed E-state index contributed by atoms with van der Waals surface area (Å²) in [5.41, 5.74) is 1.43. The summed E-state index contributed by atoms with van der Waals surface area (Å²) in [4.78, 5) is 2.97. The Morgan fingerprint density at radius 3 is 2.67 bits per heavy atom. The molecule has 0 aromatic carbocycles. The fourth-order valence-corrected chi connectivity index (χ4v) is 3.33. The van der Waals surface area contributed by atoms with E-state index in [2.05, 4.69) is 38.7 Å². The molecule has 2 heteroatoms. The summed E-state index contributed by atoms with van der Waals surface area (Å²) in [6, 6.07) is 2.91. The molecule has 0 bridgehead atoms. The van der Waals surface area contributed by atoms with Crippen LogP contribution in [0.1, 0.15) is 60.4 Å². The Morgan fingerprint density at radius 2 is 2.11 bits per heavy atom. The number of unbranched alkanes of at least 4 members (excludes halogenated alkanes) is 3. The molecule has 1 nitrogen and oxygen atoms in total. The molecule has 0 aliphatic carbocycles. The molecule has 0 amide bonds. The average Bonchev–Trinajstić information content (AvgIpc) is 2.68. The Kier molecular flexibility index (Phi) is 7.29. The Bertz CT molecular complexity index is 334. The zero-order valence-electron chi connectivity index (χ0n) is 12.1. The maximum Gasteiger partial charge on any atom is 0.0414 e. The van der Waals surface area contributed by atoms with Crippen molar-refractivity contribution in [3.63, 3.8) is 0 Å². The SMILES string of the molecule is C=CCCCCCC(NCC)c1cc(C)c(C)s1. The maximum atomic E-state index is 3.77. The Morgan fingerprint density at radius 1 is 1.33 bits per heavy atom. The first-order valence-corrected chi connectivity index (χ1v) is 7.91. The van der Waals surface area contributed by atoms with Crippen LogP contribution in [0.25, 0.3) is 0 Å². The molecular formula is C16H27NS. The van der Waals surface area contributed by atoms with Crippen molar-refractivity contribution in [1.29, 1.82) is 0 Å². The molecule has 1 unspecified atom stereocenters. The zero-order chi connectivity index (χ0) is 13.4. The predicted octanol–water partition coefficient (Wildman–Crippen LogP) is 5.15. The van der Waals surface area contributed by atoms with Crippen LogP contribution in [0.3, 0.4) is 0 Å². The molecule has 0 spiro atoms. The molecule has 1 heterocycles. The second-order valence-electron chi connectivity index (χ2n) is 4.92. The lowest BCUT2D eigenvalue weighted by atomic mass is 10.1. The molecule has 1 aromatic heterocycles. The van der Waals surface area contributed by atoms with Crippen LogP contribution >= 0.6 is 11.3 Å². The van der Waals surface area contributed by atoms with Crippen LogP contribution < -0.4 is 5.32 Å². The summed E-state index contributed by atoms with van der Waals surface area (Å²) in [7, 11) is 0. The highest BCUT2D eigenvalue weighted by atomic mass is 32.1. The fourth-order valence-electron chi connectivity index (χ4n) is 2.18. The lowest BCUT2D eigenvalue weighted by Crippen LogP contribution is -2.19. The van der Waals surface area contributed by atoms with Crippen LogP contribution in [-0.4, -0.2) is 6.54 Å². The summed E-state index contributed by atoms with van der Waals surface area (Å²) in [6.45, 7) is 11.4. The van der Waals surface area contributed by atoms with Gasteiger partial charge in [-0.1, -0.05) is 25.8 Å². The third-order valence-electron chi connectivity index (χ3n) is 3.38. The van der Waals surface area contributed by atoms with E-state index < -0.39 is 0 Å². The van der Waals surface area contributed by atoms with Gasteiger partial charge in [-0.25, -0.2) is 0 Å². The Hall–Kier alpha value is -0.600. The largest absolute Gasteiger partial charge is 0.310 e. The van der Waals surface area contributed by atoms with Crippen molar-refractivity contribution < 1.29 is 0 Å². The highest BCUT2D eigenvalue weighted by molar-refractivity contribution is 7.12. The Balaban J connectivity index is 2.46. The summed E-state index contributed by atoms with van der Waals surface area (Å²) in [6.07, 6.45) is 8.34. The first kappa shape index (κ1) is 15.5. The highest BCUT2D eigenvalue weighted by Crippen LogP contribution is 2.29. The van der Waals surface area contributed by atoms with Crippen LogP contribution in [0.5, 0.6) is 0 Å². The van der Waals surface area contributed by atoms with Crippen molar-refractivity contribution in [2.45, 2.75) is 58.9 Å². The van der Waals surface area contributed by atoms with Gasteiger partial charge in [-0.15, -0.1) is 17.9 Å². The zero-order valence-corrected chi connectivity index (χ0v) is 12.9. The fraction of sp³-hybridized carbons (Fsp3) is 0.625. The van der Waals surface area contributed by atoms with Gasteiger partial charge in [-0.05, 0) is 51.3 Å². The van der Waals surface area contributed by atoms with Crippen molar-refractivity contribution in [3.8, 4) is 0 Å². The van der Waals surface area contributed by atoms with E-state index in [9.17, 15) is 0 Å². The third kappa shape index (κ3) is 4.95. The van der Waals surface area contributed by atoms with Gasteiger partial charge in [0, 0.05) is 15.8 Å². The number of rotatable bonds is 9. The lowest BCUT2D eigenvalue weighted by molar-refractivity contribution is 0.489. The highest BCUT2D eigenvalue weighted by Gasteiger charge is 2.13. The van der Waals surface area contributed by atoms with Gasteiger partial charge in [-0.2, -0.15) is 0 Å². The average molecular weight is 265 g/mol. The second kappa shape index (κ2) is 8.49. The van der Waals surface area contributed by atoms with Crippen molar-refractivity contribution in [2.24, 2.45) is 0 Å². The molecule has 0 saturated carbocycles. The molecule has 0 fully saturated rings. The van der Waals surface area contributed by atoms with Crippen LogP contribution in [0.2, 0.25) is 0 Å². The van der Waals surface area contributed by atoms with E-state index in [4.69, 9.17) is 0 Å². The smallest absolute Gasteiger partial charge is 0.0414 e. The van der Waals surface area contributed by atoms with Crippen LogP contribution in [0, 0.1) is 13.8 Å². The standard InChI is InChI=1S/C16H27NS/c1-5-7-8-9-10-11-15(17-6-2)16-12-13(3)14(4)18-16/h5,12,15,17H,1,6-11H2,2-4H3. The van der Waals surface area contributed by atoms with Crippen LogP contribution in [-0.2, 0) is 0 Å². The van der Waals surface area contributed by atoms with Crippen molar-refractivity contribution in [2.75, 3.05) is 6.54 Å². The molecule has 1 N–H and O–H groups in total. The number of aryl methyl sites for hydroxylation is 2. The molecule has 102 valence electrons. The quantitative estimate of drug-likeness (QED) is 0.481. The molecule has 0 saturated heterocycles. The van der Waals surface area contributed by atoms with Gasteiger partial charge in [0.1, 0.15) is 0 Å². The van der Waals surface area contributed by atoms with Crippen LogP contribution in [0.15, 0.2) is 18.7 Å². The minimum Gasteiger partial charge on any atom is -0.310 e. The third-order valence-corrected chi connectivity index (χ3v) is 4.65.